The van der Waals surface area contributed by atoms with Crippen LogP contribution in [0.2, 0.25) is 0 Å². The van der Waals surface area contributed by atoms with E-state index >= 15 is 0 Å². The van der Waals surface area contributed by atoms with Crippen LogP contribution >= 0.6 is 0 Å². The van der Waals surface area contributed by atoms with Gasteiger partial charge in [-0.2, -0.15) is 13.2 Å². The van der Waals surface area contributed by atoms with Crippen molar-refractivity contribution in [2.24, 2.45) is 0 Å². The molecule has 0 spiro atoms. The number of nitrogens with zero attached hydrogens (tertiary/aromatic N) is 3. The molecule has 0 saturated carbocycles. The summed E-state index contributed by atoms with van der Waals surface area (Å²) >= 11 is 0. The van der Waals surface area contributed by atoms with Crippen molar-refractivity contribution in [3.8, 4) is 0 Å². The lowest BCUT2D eigenvalue weighted by Gasteiger charge is -2.45. The van der Waals surface area contributed by atoms with E-state index in [2.05, 4.69) is 26.9 Å². The van der Waals surface area contributed by atoms with Gasteiger partial charge in [0, 0.05) is 75.7 Å². The molecule has 4 rings (SSSR count). The Labute approximate surface area is 193 Å². The van der Waals surface area contributed by atoms with Crippen LogP contribution < -0.4 is 10.2 Å². The van der Waals surface area contributed by atoms with Gasteiger partial charge in [0.25, 0.3) is 0 Å². The van der Waals surface area contributed by atoms with Gasteiger partial charge in [0.05, 0.1) is 5.56 Å². The molecular weight excluding hydrogens is 432 g/mol. The van der Waals surface area contributed by atoms with Crippen molar-refractivity contribution in [2.45, 2.75) is 38.1 Å². The number of halogens is 4. The van der Waals surface area contributed by atoms with Gasteiger partial charge in [-0.05, 0) is 30.7 Å². The lowest BCUT2D eigenvalue weighted by atomic mass is 9.99. The first kappa shape index (κ1) is 24.0. The Hall–Kier alpha value is -2.16. The quantitative estimate of drug-likeness (QED) is 0.647. The Kier molecular flexibility index (Phi) is 7.56. The van der Waals surface area contributed by atoms with Crippen LogP contribution in [0.25, 0.3) is 0 Å². The molecule has 1 N–H and O–H groups in total. The van der Waals surface area contributed by atoms with E-state index in [1.807, 2.05) is 12.1 Å². The maximum atomic E-state index is 14.0. The summed E-state index contributed by atoms with van der Waals surface area (Å²) in [6, 6.07) is 13.0. The van der Waals surface area contributed by atoms with Gasteiger partial charge in [-0.1, -0.05) is 31.2 Å². The van der Waals surface area contributed by atoms with E-state index < -0.39 is 11.7 Å². The van der Waals surface area contributed by atoms with Crippen molar-refractivity contribution in [3.63, 3.8) is 0 Å². The monoisotopic (exact) mass is 464 g/mol. The molecule has 180 valence electrons. The van der Waals surface area contributed by atoms with E-state index in [0.717, 1.165) is 50.8 Å². The summed E-state index contributed by atoms with van der Waals surface area (Å²) in [5.74, 6) is -0.160. The van der Waals surface area contributed by atoms with Crippen molar-refractivity contribution in [1.29, 1.82) is 0 Å². The minimum atomic E-state index is -4.34. The van der Waals surface area contributed by atoms with Gasteiger partial charge >= 0.3 is 6.18 Å². The third kappa shape index (κ3) is 5.86. The predicted molar refractivity (Wildman–Crippen MR) is 123 cm³/mol. The normalized spacial score (nSPS) is 21.8. The molecule has 8 heteroatoms. The summed E-state index contributed by atoms with van der Waals surface area (Å²) in [5, 5.41) is 3.60. The number of piperazine rings is 2. The van der Waals surface area contributed by atoms with Crippen molar-refractivity contribution < 1.29 is 17.6 Å². The second-order valence-electron chi connectivity index (χ2n) is 8.93. The van der Waals surface area contributed by atoms with Crippen LogP contribution in [0.15, 0.2) is 48.5 Å². The Bertz CT molecular complexity index is 911. The molecule has 0 bridgehead atoms. The van der Waals surface area contributed by atoms with Crippen LogP contribution in [0.1, 0.15) is 24.5 Å². The molecule has 2 aromatic rings. The molecule has 33 heavy (non-hydrogen) atoms. The molecule has 2 fully saturated rings. The summed E-state index contributed by atoms with van der Waals surface area (Å²) in [7, 11) is 0. The number of nitrogens with one attached hydrogen (secondary N) is 1. The molecule has 2 aromatic carbocycles. The first-order valence-corrected chi connectivity index (χ1v) is 11.7. The summed E-state index contributed by atoms with van der Waals surface area (Å²) < 4.78 is 53.5. The molecule has 4 nitrogen and oxygen atoms in total. The van der Waals surface area contributed by atoms with Gasteiger partial charge in [-0.3, -0.25) is 9.80 Å². The van der Waals surface area contributed by atoms with Gasteiger partial charge in [-0.15, -0.1) is 0 Å². The zero-order valence-corrected chi connectivity index (χ0v) is 19.0. The lowest BCUT2D eigenvalue weighted by molar-refractivity contribution is -0.137. The second kappa shape index (κ2) is 10.4. The van der Waals surface area contributed by atoms with E-state index in [1.165, 1.54) is 18.2 Å². The fourth-order valence-electron chi connectivity index (χ4n) is 5.07. The van der Waals surface area contributed by atoms with Gasteiger partial charge < -0.3 is 10.2 Å². The molecule has 0 aliphatic carbocycles. The average Bonchev–Trinajstić information content (AvgIpc) is 2.82. The van der Waals surface area contributed by atoms with Gasteiger partial charge in [-0.25, -0.2) is 4.39 Å². The van der Waals surface area contributed by atoms with Crippen LogP contribution in [0.4, 0.5) is 23.2 Å². The molecule has 2 atom stereocenters. The number of anilines is 1. The van der Waals surface area contributed by atoms with E-state index in [4.69, 9.17) is 0 Å². The molecule has 2 heterocycles. The Morgan fingerprint density at radius 3 is 2.45 bits per heavy atom. The molecule has 0 aromatic heterocycles. The maximum Gasteiger partial charge on any atom is 0.416 e. The van der Waals surface area contributed by atoms with Crippen LogP contribution in [0, 0.1) is 5.82 Å². The molecule has 0 radical (unpaired) electrons. The van der Waals surface area contributed by atoms with Crippen molar-refractivity contribution in [2.75, 3.05) is 50.7 Å². The summed E-state index contributed by atoms with van der Waals surface area (Å²) in [5.41, 5.74) is 0.748. The van der Waals surface area contributed by atoms with Gasteiger partial charge in [0.1, 0.15) is 5.82 Å². The lowest BCUT2D eigenvalue weighted by Crippen LogP contribution is -2.62. The standard InChI is InChI=1S/C25H32F4N4/c1-2-24(32-14-12-31(13-15-32)17-19-6-3-4-9-22(19)26)23-18-33(11-10-30-23)21-8-5-7-20(16-21)25(27,28)29/h3-9,16,23-24,30H,2,10-15,17-18H2,1H3. The predicted octanol–water partition coefficient (Wildman–Crippen LogP) is 4.22. The van der Waals surface area contributed by atoms with Crippen molar-refractivity contribution in [3.05, 3.63) is 65.5 Å². The smallest absolute Gasteiger partial charge is 0.369 e. The number of hydrogen-bond acceptors (Lipinski definition) is 4. The molecular formula is C25H32F4N4. The summed E-state index contributed by atoms with van der Waals surface area (Å²) in [6.45, 7) is 8.42. The average molecular weight is 465 g/mol. The van der Waals surface area contributed by atoms with Crippen LogP contribution in [0.3, 0.4) is 0 Å². The maximum absolute atomic E-state index is 14.0. The summed E-state index contributed by atoms with van der Waals surface area (Å²) in [6.07, 6.45) is -3.38. The Balaban J connectivity index is 1.36. The Morgan fingerprint density at radius 2 is 1.76 bits per heavy atom. The highest BCUT2D eigenvalue weighted by molar-refractivity contribution is 5.50. The third-order valence-electron chi connectivity index (χ3n) is 6.85. The number of rotatable bonds is 6. The van der Waals surface area contributed by atoms with E-state index in [1.54, 1.807) is 12.1 Å². The van der Waals surface area contributed by atoms with Gasteiger partial charge in [0.2, 0.25) is 0 Å². The molecule has 2 unspecified atom stereocenters. The number of alkyl halides is 3. The van der Waals surface area contributed by atoms with E-state index in [0.29, 0.717) is 31.4 Å². The third-order valence-corrected chi connectivity index (χ3v) is 6.85. The van der Waals surface area contributed by atoms with Gasteiger partial charge in [0.15, 0.2) is 0 Å². The fourth-order valence-corrected chi connectivity index (χ4v) is 5.07. The van der Waals surface area contributed by atoms with Crippen molar-refractivity contribution >= 4 is 5.69 Å². The largest absolute Gasteiger partial charge is 0.416 e. The zero-order valence-electron chi connectivity index (χ0n) is 19.0. The SMILES string of the molecule is CCC(C1CN(c2cccc(C(F)(F)F)c2)CCN1)N1CCN(Cc2ccccc2F)CC1. The van der Waals surface area contributed by atoms with E-state index in [9.17, 15) is 17.6 Å². The highest BCUT2D eigenvalue weighted by atomic mass is 19.4. The van der Waals surface area contributed by atoms with Crippen molar-refractivity contribution in [1.82, 2.24) is 15.1 Å². The highest BCUT2D eigenvalue weighted by Gasteiger charge is 2.34. The molecule has 0 amide bonds. The number of hydrogen-bond donors (Lipinski definition) is 1. The first-order valence-electron chi connectivity index (χ1n) is 11.7. The zero-order chi connectivity index (χ0) is 23.4. The Morgan fingerprint density at radius 1 is 1.00 bits per heavy atom. The molecule has 2 aliphatic heterocycles. The second-order valence-corrected chi connectivity index (χ2v) is 8.93. The number of benzene rings is 2. The molecule has 2 aliphatic rings. The van der Waals surface area contributed by atoms with E-state index in [-0.39, 0.29) is 11.9 Å². The highest BCUT2D eigenvalue weighted by Crippen LogP contribution is 2.32. The van der Waals surface area contributed by atoms with Crippen LogP contribution in [-0.4, -0.2) is 67.7 Å². The van der Waals surface area contributed by atoms with Crippen LogP contribution in [0.5, 0.6) is 0 Å². The minimum Gasteiger partial charge on any atom is -0.369 e. The first-order chi connectivity index (χ1) is 15.8. The molecule has 2 saturated heterocycles. The summed E-state index contributed by atoms with van der Waals surface area (Å²) in [4.78, 5) is 6.82. The minimum absolute atomic E-state index is 0.160. The fraction of sp³-hybridized carbons (Fsp3) is 0.520. The van der Waals surface area contributed by atoms with Crippen LogP contribution in [-0.2, 0) is 12.7 Å². The topological polar surface area (TPSA) is 21.8 Å².